The molecular formula is C11H21ClN4. The highest BCUT2D eigenvalue weighted by Crippen LogP contribution is 2.13. The average Bonchev–Trinajstić information content (AvgIpc) is 2.58. The minimum Gasteiger partial charge on any atom is -0.317 e. The second kappa shape index (κ2) is 6.89. The molecule has 1 unspecified atom stereocenters. The fourth-order valence-corrected chi connectivity index (χ4v) is 2.21. The standard InChI is InChI=1S/C11H20N4.ClH/c1-15(9-10-4-8-13-14-10)11-3-2-6-12-7-5-11;/h4,8,11-12H,2-3,5-7,9H2,1H3,(H,13,14);1H. The van der Waals surface area contributed by atoms with Crippen LogP contribution in [0.5, 0.6) is 0 Å². The molecule has 2 N–H and O–H groups in total. The molecule has 1 saturated heterocycles. The van der Waals surface area contributed by atoms with E-state index in [1.54, 1.807) is 0 Å². The lowest BCUT2D eigenvalue weighted by molar-refractivity contribution is 0.214. The van der Waals surface area contributed by atoms with Crippen molar-refractivity contribution in [3.05, 3.63) is 18.0 Å². The number of nitrogens with zero attached hydrogens (tertiary/aromatic N) is 2. The van der Waals surface area contributed by atoms with Crippen LogP contribution >= 0.6 is 12.4 Å². The summed E-state index contributed by atoms with van der Waals surface area (Å²) in [7, 11) is 2.21. The minimum absolute atomic E-state index is 0. The molecule has 2 heterocycles. The molecule has 1 aliphatic heterocycles. The second-order valence-electron chi connectivity index (χ2n) is 4.33. The van der Waals surface area contributed by atoms with Gasteiger partial charge < -0.3 is 5.32 Å². The lowest BCUT2D eigenvalue weighted by Crippen LogP contribution is -2.32. The van der Waals surface area contributed by atoms with E-state index in [2.05, 4.69) is 27.5 Å². The Morgan fingerprint density at radius 1 is 1.44 bits per heavy atom. The molecule has 5 heteroatoms. The molecule has 0 aliphatic carbocycles. The van der Waals surface area contributed by atoms with E-state index in [9.17, 15) is 0 Å². The van der Waals surface area contributed by atoms with Crippen molar-refractivity contribution in [1.29, 1.82) is 0 Å². The normalized spacial score (nSPS) is 21.5. The molecule has 1 fully saturated rings. The minimum atomic E-state index is 0. The smallest absolute Gasteiger partial charge is 0.0492 e. The predicted molar refractivity (Wildman–Crippen MR) is 67.8 cm³/mol. The summed E-state index contributed by atoms with van der Waals surface area (Å²) in [5.41, 5.74) is 1.20. The summed E-state index contributed by atoms with van der Waals surface area (Å²) in [5, 5.41) is 10.4. The summed E-state index contributed by atoms with van der Waals surface area (Å²) < 4.78 is 0. The lowest BCUT2D eigenvalue weighted by atomic mass is 10.1. The van der Waals surface area contributed by atoms with Crippen LogP contribution in [0, 0.1) is 0 Å². The third kappa shape index (κ3) is 3.77. The zero-order valence-electron chi connectivity index (χ0n) is 9.78. The van der Waals surface area contributed by atoms with Crippen LogP contribution in [0.1, 0.15) is 25.0 Å². The molecule has 0 radical (unpaired) electrons. The van der Waals surface area contributed by atoms with Crippen LogP contribution in [0.3, 0.4) is 0 Å². The molecule has 0 saturated carbocycles. The Morgan fingerprint density at radius 3 is 3.06 bits per heavy atom. The third-order valence-electron chi connectivity index (χ3n) is 3.15. The molecule has 0 amide bonds. The van der Waals surface area contributed by atoms with Crippen molar-refractivity contribution in [3.63, 3.8) is 0 Å². The van der Waals surface area contributed by atoms with Gasteiger partial charge in [0.15, 0.2) is 0 Å². The fourth-order valence-electron chi connectivity index (χ4n) is 2.21. The number of halogens is 1. The van der Waals surface area contributed by atoms with Crippen LogP contribution in [-0.4, -0.2) is 41.3 Å². The van der Waals surface area contributed by atoms with Gasteiger partial charge in [-0.15, -0.1) is 12.4 Å². The first-order valence-corrected chi connectivity index (χ1v) is 5.75. The molecule has 1 aromatic rings. The van der Waals surface area contributed by atoms with Gasteiger partial charge >= 0.3 is 0 Å². The molecule has 0 bridgehead atoms. The lowest BCUT2D eigenvalue weighted by Gasteiger charge is -2.26. The number of hydrogen-bond acceptors (Lipinski definition) is 3. The molecule has 0 spiro atoms. The zero-order valence-corrected chi connectivity index (χ0v) is 10.6. The van der Waals surface area contributed by atoms with E-state index in [1.807, 2.05) is 12.3 Å². The SMILES string of the molecule is CN(Cc1ccn[nH]1)C1CCCNCC1.Cl. The Bertz CT molecular complexity index is 268. The molecule has 16 heavy (non-hydrogen) atoms. The van der Waals surface area contributed by atoms with Gasteiger partial charge in [-0.2, -0.15) is 5.10 Å². The number of H-pyrrole nitrogens is 1. The van der Waals surface area contributed by atoms with E-state index in [0.717, 1.165) is 13.1 Å². The average molecular weight is 245 g/mol. The van der Waals surface area contributed by atoms with Crippen molar-refractivity contribution in [2.75, 3.05) is 20.1 Å². The van der Waals surface area contributed by atoms with E-state index in [1.165, 1.54) is 31.5 Å². The molecule has 2 rings (SSSR count). The summed E-state index contributed by atoms with van der Waals surface area (Å²) in [5.74, 6) is 0. The molecule has 4 nitrogen and oxygen atoms in total. The van der Waals surface area contributed by atoms with E-state index >= 15 is 0 Å². The van der Waals surface area contributed by atoms with Gasteiger partial charge in [0.1, 0.15) is 0 Å². The largest absolute Gasteiger partial charge is 0.317 e. The van der Waals surface area contributed by atoms with Crippen LogP contribution in [0.4, 0.5) is 0 Å². The molecule has 1 atom stereocenters. The van der Waals surface area contributed by atoms with Crippen molar-refractivity contribution in [2.24, 2.45) is 0 Å². The first kappa shape index (κ1) is 13.5. The summed E-state index contributed by atoms with van der Waals surface area (Å²) in [6, 6.07) is 2.76. The summed E-state index contributed by atoms with van der Waals surface area (Å²) in [6.07, 6.45) is 5.66. The van der Waals surface area contributed by atoms with E-state index in [0.29, 0.717) is 6.04 Å². The quantitative estimate of drug-likeness (QED) is 0.845. The van der Waals surface area contributed by atoms with Crippen molar-refractivity contribution in [2.45, 2.75) is 31.8 Å². The Labute approximate surface area is 103 Å². The maximum Gasteiger partial charge on any atom is 0.0492 e. The van der Waals surface area contributed by atoms with Gasteiger partial charge in [-0.3, -0.25) is 10.00 Å². The number of hydrogen-bond donors (Lipinski definition) is 2. The van der Waals surface area contributed by atoms with Gasteiger partial charge in [0, 0.05) is 24.5 Å². The first-order chi connectivity index (χ1) is 7.36. The number of aromatic nitrogens is 2. The van der Waals surface area contributed by atoms with Crippen LogP contribution < -0.4 is 5.32 Å². The number of rotatable bonds is 3. The van der Waals surface area contributed by atoms with Crippen LogP contribution in [0.2, 0.25) is 0 Å². The first-order valence-electron chi connectivity index (χ1n) is 5.75. The van der Waals surface area contributed by atoms with Crippen LogP contribution in [-0.2, 0) is 6.54 Å². The summed E-state index contributed by atoms with van der Waals surface area (Å²) in [4.78, 5) is 2.43. The topological polar surface area (TPSA) is 44.0 Å². The van der Waals surface area contributed by atoms with Crippen molar-refractivity contribution in [3.8, 4) is 0 Å². The molecule has 1 aromatic heterocycles. The van der Waals surface area contributed by atoms with Gasteiger partial charge in [-0.25, -0.2) is 0 Å². The van der Waals surface area contributed by atoms with E-state index in [-0.39, 0.29) is 12.4 Å². The van der Waals surface area contributed by atoms with Gasteiger partial charge in [0.2, 0.25) is 0 Å². The number of aromatic amines is 1. The molecule has 1 aliphatic rings. The highest BCUT2D eigenvalue weighted by Gasteiger charge is 2.16. The number of nitrogens with one attached hydrogen (secondary N) is 2. The second-order valence-corrected chi connectivity index (χ2v) is 4.33. The highest BCUT2D eigenvalue weighted by molar-refractivity contribution is 5.85. The Balaban J connectivity index is 0.00000128. The monoisotopic (exact) mass is 244 g/mol. The van der Waals surface area contributed by atoms with Crippen LogP contribution in [0.15, 0.2) is 12.3 Å². The Morgan fingerprint density at radius 2 is 2.31 bits per heavy atom. The fraction of sp³-hybridized carbons (Fsp3) is 0.727. The Hall–Kier alpha value is -0.580. The molecule has 92 valence electrons. The van der Waals surface area contributed by atoms with Gasteiger partial charge in [0.05, 0.1) is 0 Å². The van der Waals surface area contributed by atoms with E-state index < -0.39 is 0 Å². The van der Waals surface area contributed by atoms with Gasteiger partial charge in [-0.05, 0) is 45.5 Å². The van der Waals surface area contributed by atoms with Crippen molar-refractivity contribution >= 4 is 12.4 Å². The van der Waals surface area contributed by atoms with Crippen LogP contribution in [0.25, 0.3) is 0 Å². The predicted octanol–water partition coefficient (Wildman–Crippen LogP) is 1.41. The maximum absolute atomic E-state index is 3.97. The highest BCUT2D eigenvalue weighted by atomic mass is 35.5. The van der Waals surface area contributed by atoms with Crippen molar-refractivity contribution < 1.29 is 0 Å². The molecule has 0 aromatic carbocycles. The Kier molecular flexibility index (Phi) is 5.80. The van der Waals surface area contributed by atoms with E-state index in [4.69, 9.17) is 0 Å². The molecular weight excluding hydrogens is 224 g/mol. The summed E-state index contributed by atoms with van der Waals surface area (Å²) >= 11 is 0. The van der Waals surface area contributed by atoms with Gasteiger partial charge in [0.25, 0.3) is 0 Å². The third-order valence-corrected chi connectivity index (χ3v) is 3.15. The van der Waals surface area contributed by atoms with Crippen molar-refractivity contribution in [1.82, 2.24) is 20.4 Å². The van der Waals surface area contributed by atoms with Gasteiger partial charge in [-0.1, -0.05) is 0 Å². The zero-order chi connectivity index (χ0) is 10.5. The maximum atomic E-state index is 3.97. The summed E-state index contributed by atoms with van der Waals surface area (Å²) in [6.45, 7) is 3.30.